The van der Waals surface area contributed by atoms with Crippen LogP contribution < -0.4 is 5.32 Å². The maximum Gasteiger partial charge on any atom is 0.188 e. The van der Waals surface area contributed by atoms with E-state index in [4.69, 9.17) is 0 Å². The van der Waals surface area contributed by atoms with E-state index >= 15 is 0 Å². The molecule has 0 saturated carbocycles. The molecule has 3 atom stereocenters. The molecule has 0 aromatic carbocycles. The van der Waals surface area contributed by atoms with Crippen molar-refractivity contribution in [2.24, 2.45) is 0 Å². The Hall–Kier alpha value is -0.650. The average Bonchev–Trinajstić information content (AvgIpc) is 2.15. The first-order valence-corrected chi connectivity index (χ1v) is 8.03. The van der Waals surface area contributed by atoms with Crippen molar-refractivity contribution in [3.05, 3.63) is 36.0 Å². The smallest absolute Gasteiger partial charge is 0.188 e. The predicted octanol–water partition coefficient (Wildman–Crippen LogP) is 4.32. The minimum atomic E-state index is -0.309. The van der Waals surface area contributed by atoms with Crippen molar-refractivity contribution in [2.75, 3.05) is 6.66 Å². The molecule has 0 radical (unpaired) electrons. The second kappa shape index (κ2) is 7.63. The lowest BCUT2D eigenvalue weighted by Gasteiger charge is -2.21. The summed E-state index contributed by atoms with van der Waals surface area (Å²) in [6, 6.07) is 0.318. The van der Waals surface area contributed by atoms with E-state index in [1.807, 2.05) is 0 Å². The third kappa shape index (κ3) is 6.61. The molecule has 0 amide bonds. The molecule has 17 heavy (non-hydrogen) atoms. The Morgan fingerprint density at radius 3 is 2.00 bits per heavy atom. The van der Waals surface area contributed by atoms with Crippen molar-refractivity contribution in [1.29, 1.82) is 0 Å². The van der Waals surface area contributed by atoms with Gasteiger partial charge in [0.05, 0.1) is 13.0 Å². The van der Waals surface area contributed by atoms with Crippen LogP contribution in [0, 0.1) is 0 Å². The van der Waals surface area contributed by atoms with Crippen molar-refractivity contribution in [2.45, 2.75) is 45.9 Å². The molecule has 0 heterocycles. The first-order valence-electron chi connectivity index (χ1n) is 5.99. The highest BCUT2D eigenvalue weighted by Crippen LogP contribution is 2.27. The van der Waals surface area contributed by atoms with Crippen LogP contribution in [0.5, 0.6) is 0 Å². The van der Waals surface area contributed by atoms with Gasteiger partial charge in [-0.2, -0.15) is 0 Å². The Morgan fingerprint density at radius 2 is 1.71 bits per heavy atom. The molecule has 0 aliphatic carbocycles. The summed E-state index contributed by atoms with van der Waals surface area (Å²) < 4.78 is 0. The Morgan fingerprint density at radius 1 is 1.18 bits per heavy atom. The summed E-state index contributed by atoms with van der Waals surface area (Å²) in [5.41, 5.74) is 3.68. The van der Waals surface area contributed by atoms with E-state index in [2.05, 4.69) is 65.2 Å². The Bertz CT molecular complexity index is 321. The van der Waals surface area contributed by atoms with Gasteiger partial charge in [0.25, 0.3) is 0 Å². The van der Waals surface area contributed by atoms with Gasteiger partial charge in [0.2, 0.25) is 0 Å². The zero-order chi connectivity index (χ0) is 13.6. The van der Waals surface area contributed by atoms with Crippen LogP contribution >= 0.6 is 7.55 Å². The molecule has 2 heteroatoms. The number of hydrogen-bond donors (Lipinski definition) is 1. The highest BCUT2D eigenvalue weighted by Gasteiger charge is 2.22. The SMILES string of the molecule is C=C(C)C(CC=C(C)C)NC(C(=C)C)[P+](=C)C. The zero-order valence-electron chi connectivity index (χ0n) is 12.0. The molecule has 0 aliphatic heterocycles. The second-order valence-corrected chi connectivity index (χ2v) is 7.12. The standard InChI is InChI=1S/C15H27NP/c1-11(2)9-10-14(12(3)4)16-15(13(5)6)17(7)8/h9,14-16H,3,5,7,10H2,1-2,4,6,8H3/q+1. The van der Waals surface area contributed by atoms with Gasteiger partial charge < -0.3 is 0 Å². The van der Waals surface area contributed by atoms with Crippen LogP contribution in [0.1, 0.15) is 34.1 Å². The van der Waals surface area contributed by atoms with E-state index in [-0.39, 0.29) is 7.55 Å². The van der Waals surface area contributed by atoms with Gasteiger partial charge in [-0.15, -0.1) is 0 Å². The van der Waals surface area contributed by atoms with E-state index in [1.165, 1.54) is 11.1 Å². The van der Waals surface area contributed by atoms with E-state index in [9.17, 15) is 0 Å². The summed E-state index contributed by atoms with van der Waals surface area (Å²) >= 11 is 0. The largest absolute Gasteiger partial charge is 0.266 e. The van der Waals surface area contributed by atoms with Crippen LogP contribution in [-0.4, -0.2) is 24.8 Å². The average molecular weight is 252 g/mol. The second-order valence-electron chi connectivity index (χ2n) is 5.09. The van der Waals surface area contributed by atoms with Crippen molar-refractivity contribution < 1.29 is 0 Å². The van der Waals surface area contributed by atoms with Crippen LogP contribution in [0.15, 0.2) is 36.0 Å². The van der Waals surface area contributed by atoms with Gasteiger partial charge in [-0.05, 0) is 39.7 Å². The van der Waals surface area contributed by atoms with Crippen LogP contribution in [0.4, 0.5) is 0 Å². The molecule has 1 nitrogen and oxygen atoms in total. The fraction of sp³-hybridized carbons (Fsp3) is 0.533. The Kier molecular flexibility index (Phi) is 7.34. The van der Waals surface area contributed by atoms with Gasteiger partial charge >= 0.3 is 0 Å². The number of rotatable bonds is 7. The summed E-state index contributed by atoms with van der Waals surface area (Å²) in [5.74, 6) is 0.317. The summed E-state index contributed by atoms with van der Waals surface area (Å²) in [6.45, 7) is 18.7. The number of hydrogen-bond acceptors (Lipinski definition) is 1. The van der Waals surface area contributed by atoms with Crippen molar-refractivity contribution in [1.82, 2.24) is 5.32 Å². The highest BCUT2D eigenvalue weighted by molar-refractivity contribution is 7.55. The van der Waals surface area contributed by atoms with Crippen molar-refractivity contribution in [3.8, 4) is 0 Å². The third-order valence-corrected chi connectivity index (χ3v) is 4.09. The molecule has 3 unspecified atom stereocenters. The van der Waals surface area contributed by atoms with Crippen LogP contribution in [0.3, 0.4) is 0 Å². The number of allylic oxidation sites excluding steroid dienone is 1. The van der Waals surface area contributed by atoms with Gasteiger partial charge in [-0.1, -0.05) is 30.4 Å². The predicted molar refractivity (Wildman–Crippen MR) is 84.4 cm³/mol. The van der Waals surface area contributed by atoms with Gasteiger partial charge in [0, 0.05) is 6.04 Å². The molecule has 0 aliphatic rings. The van der Waals surface area contributed by atoms with E-state index in [1.54, 1.807) is 0 Å². The normalized spacial score (nSPS) is 14.8. The molecule has 1 N–H and O–H groups in total. The van der Waals surface area contributed by atoms with E-state index in [0.29, 0.717) is 11.8 Å². The topological polar surface area (TPSA) is 12.0 Å². The lowest BCUT2D eigenvalue weighted by atomic mass is 10.1. The molecule has 0 bridgehead atoms. The van der Waals surface area contributed by atoms with Gasteiger partial charge in [0.15, 0.2) is 5.78 Å². The number of nitrogens with one attached hydrogen (secondary N) is 1. The molecule has 0 aromatic rings. The highest BCUT2D eigenvalue weighted by atomic mass is 31.1. The van der Waals surface area contributed by atoms with E-state index in [0.717, 1.165) is 12.0 Å². The molecular formula is C15H27NP+. The summed E-state index contributed by atoms with van der Waals surface area (Å²) in [5, 5.41) is 3.63. The third-order valence-electron chi connectivity index (χ3n) is 2.62. The van der Waals surface area contributed by atoms with Gasteiger partial charge in [-0.3, -0.25) is 5.32 Å². The molecule has 0 spiro atoms. The summed E-state index contributed by atoms with van der Waals surface area (Å²) in [4.78, 5) is 0. The lowest BCUT2D eigenvalue weighted by molar-refractivity contribution is 0.580. The molecule has 0 rings (SSSR count). The first-order chi connectivity index (χ1) is 7.75. The molecule has 0 fully saturated rings. The monoisotopic (exact) mass is 252 g/mol. The Balaban J connectivity index is 4.73. The fourth-order valence-electron chi connectivity index (χ4n) is 1.60. The Labute approximate surface area is 108 Å². The lowest BCUT2D eigenvalue weighted by Crippen LogP contribution is -2.37. The minimum absolute atomic E-state index is 0.309. The maximum absolute atomic E-state index is 4.16. The fourth-order valence-corrected chi connectivity index (χ4v) is 2.79. The molecule has 96 valence electrons. The summed E-state index contributed by atoms with van der Waals surface area (Å²) in [6.07, 6.45) is 7.41. The zero-order valence-corrected chi connectivity index (χ0v) is 12.9. The van der Waals surface area contributed by atoms with Crippen molar-refractivity contribution in [3.63, 3.8) is 0 Å². The quantitative estimate of drug-likeness (QED) is 0.525. The molecule has 0 saturated heterocycles. The van der Waals surface area contributed by atoms with Gasteiger partial charge in [-0.25, -0.2) is 0 Å². The van der Waals surface area contributed by atoms with E-state index < -0.39 is 0 Å². The van der Waals surface area contributed by atoms with Crippen LogP contribution in [0.2, 0.25) is 0 Å². The summed E-state index contributed by atoms with van der Waals surface area (Å²) in [7, 11) is -0.309. The van der Waals surface area contributed by atoms with Crippen LogP contribution in [-0.2, 0) is 0 Å². The van der Waals surface area contributed by atoms with Crippen molar-refractivity contribution >= 4 is 13.8 Å². The van der Waals surface area contributed by atoms with Crippen LogP contribution in [0.25, 0.3) is 0 Å². The molecular weight excluding hydrogens is 225 g/mol. The first kappa shape index (κ1) is 16.4. The minimum Gasteiger partial charge on any atom is -0.266 e. The molecule has 0 aromatic heterocycles. The van der Waals surface area contributed by atoms with Gasteiger partial charge in [0.1, 0.15) is 7.55 Å². The maximum atomic E-state index is 4.16.